The highest BCUT2D eigenvalue weighted by Crippen LogP contribution is 2.41. The maximum atomic E-state index is 13.2. The van der Waals surface area contributed by atoms with Crippen molar-refractivity contribution in [1.82, 2.24) is 0 Å². The van der Waals surface area contributed by atoms with E-state index in [4.69, 9.17) is 9.84 Å². The molecule has 0 saturated heterocycles. The fourth-order valence-electron chi connectivity index (χ4n) is 5.42. The Hall–Kier alpha value is -3.14. The molecule has 5 rings (SSSR count). The number of benzene rings is 3. The molecule has 0 fully saturated rings. The summed E-state index contributed by atoms with van der Waals surface area (Å²) < 4.78 is 19.0. The van der Waals surface area contributed by atoms with Gasteiger partial charge in [-0.15, -0.1) is 0 Å². The number of carbonyl (C=O) groups excluding carboxylic acids is 1. The smallest absolute Gasteiger partial charge is 0.312 e. The van der Waals surface area contributed by atoms with E-state index in [0.29, 0.717) is 11.7 Å². The molecule has 0 heterocycles. The van der Waals surface area contributed by atoms with E-state index in [9.17, 15) is 9.18 Å². The van der Waals surface area contributed by atoms with Gasteiger partial charge in [-0.25, -0.2) is 4.39 Å². The molecule has 0 spiro atoms. The first-order chi connectivity index (χ1) is 19.3. The summed E-state index contributed by atoms with van der Waals surface area (Å²) in [6.07, 6.45) is 4.63. The third kappa shape index (κ3) is 7.99. The molecule has 3 nitrogen and oxygen atoms in total. The van der Waals surface area contributed by atoms with Crippen molar-refractivity contribution in [2.24, 2.45) is 11.3 Å². The van der Waals surface area contributed by atoms with Gasteiger partial charge in [0.25, 0.3) is 0 Å². The van der Waals surface area contributed by atoms with Crippen LogP contribution in [0.2, 0.25) is 0 Å². The number of fused-ring (bicyclic) bond motifs is 2. The topological polar surface area (TPSA) is 46.5 Å². The van der Waals surface area contributed by atoms with Crippen LogP contribution < -0.4 is 0 Å². The van der Waals surface area contributed by atoms with E-state index < -0.39 is 11.0 Å². The largest absolute Gasteiger partial charge is 0.508 e. The minimum absolute atomic E-state index is 0.185. The molecule has 4 heteroatoms. The van der Waals surface area contributed by atoms with Crippen molar-refractivity contribution >= 4 is 5.97 Å². The Morgan fingerprint density at radius 2 is 1.71 bits per heavy atom. The van der Waals surface area contributed by atoms with Crippen molar-refractivity contribution in [1.29, 1.82) is 0 Å². The van der Waals surface area contributed by atoms with Crippen LogP contribution in [0.4, 0.5) is 4.39 Å². The molecular formula is C37H49FO3. The maximum Gasteiger partial charge on any atom is 0.312 e. The molecule has 2 aliphatic rings. The first-order valence-electron chi connectivity index (χ1n) is 15.2. The van der Waals surface area contributed by atoms with Crippen LogP contribution in [0.25, 0.3) is 0 Å². The predicted molar refractivity (Wildman–Crippen MR) is 167 cm³/mol. The minimum Gasteiger partial charge on any atom is -0.508 e. The lowest BCUT2D eigenvalue weighted by Crippen LogP contribution is -2.34. The normalized spacial score (nSPS) is 21.4. The number of hydrogen-bond acceptors (Lipinski definition) is 3. The molecule has 2 aliphatic carbocycles. The number of aromatic hydroxyl groups is 1. The van der Waals surface area contributed by atoms with Gasteiger partial charge in [-0.05, 0) is 123 Å². The molecule has 4 unspecified atom stereocenters. The van der Waals surface area contributed by atoms with E-state index in [2.05, 4.69) is 52.0 Å². The van der Waals surface area contributed by atoms with Crippen molar-refractivity contribution in [3.8, 4) is 5.75 Å². The lowest BCUT2D eigenvalue weighted by atomic mass is 9.89. The van der Waals surface area contributed by atoms with Crippen LogP contribution in [0.3, 0.4) is 0 Å². The molecule has 4 atom stereocenters. The summed E-state index contributed by atoms with van der Waals surface area (Å²) in [5.74, 6) is 2.13. The second-order valence-electron chi connectivity index (χ2n) is 12.7. The van der Waals surface area contributed by atoms with Crippen molar-refractivity contribution in [2.45, 2.75) is 105 Å². The highest BCUT2D eigenvalue weighted by atomic mass is 19.1. The fraction of sp³-hybridized carbons (Fsp3) is 0.486. The Bertz CT molecular complexity index is 1300. The number of halogens is 1. The van der Waals surface area contributed by atoms with Gasteiger partial charge in [-0.3, -0.25) is 4.79 Å². The van der Waals surface area contributed by atoms with Crippen molar-refractivity contribution < 1.29 is 19.0 Å². The average Bonchev–Trinajstić information content (AvgIpc) is 3.43. The zero-order valence-corrected chi connectivity index (χ0v) is 26.3. The Morgan fingerprint density at radius 3 is 2.32 bits per heavy atom. The third-order valence-electron chi connectivity index (χ3n) is 9.28. The standard InChI is InChI=1S/C16H21FO2.C11H14.C10H14O/c1-5-15(2,3)14(18)19-16(4)9-8-11-10-12(17)6-7-13(11)16;1-8-7-10-5-3-4-6-11(10)9(8)2;1-3-8(2)9-4-6-10(11)7-5-9/h6-7,10H,5,8-9H2,1-4H3;3-6,8-9H,7H2,1-2H3;4-8,11H,3H2,1-2H3. The maximum absolute atomic E-state index is 13.2. The number of rotatable bonds is 5. The zero-order chi connectivity index (χ0) is 30.4. The number of carbonyl (C=O) groups is 1. The lowest BCUT2D eigenvalue weighted by Gasteiger charge is -2.31. The van der Waals surface area contributed by atoms with E-state index in [-0.39, 0.29) is 11.8 Å². The number of ether oxygens (including phenoxy) is 1. The molecule has 0 aromatic heterocycles. The van der Waals surface area contributed by atoms with E-state index in [0.717, 1.165) is 48.6 Å². The molecule has 1 N–H and O–H groups in total. The van der Waals surface area contributed by atoms with E-state index in [1.807, 2.05) is 39.8 Å². The highest BCUT2D eigenvalue weighted by Gasteiger charge is 2.41. The number of hydrogen-bond donors (Lipinski definition) is 1. The Balaban J connectivity index is 0.000000180. The first kappa shape index (κ1) is 32.4. The van der Waals surface area contributed by atoms with Crippen LogP contribution >= 0.6 is 0 Å². The van der Waals surface area contributed by atoms with E-state index in [1.54, 1.807) is 35.4 Å². The average molecular weight is 561 g/mol. The van der Waals surface area contributed by atoms with Gasteiger partial charge in [0.1, 0.15) is 17.2 Å². The molecule has 0 aliphatic heterocycles. The van der Waals surface area contributed by atoms with Gasteiger partial charge < -0.3 is 9.84 Å². The Labute approximate surface area is 247 Å². The van der Waals surface area contributed by atoms with Crippen molar-refractivity contribution in [2.75, 3.05) is 0 Å². The number of aryl methyl sites for hydroxylation is 1. The summed E-state index contributed by atoms with van der Waals surface area (Å²) in [4.78, 5) is 12.2. The molecule has 0 bridgehead atoms. The Morgan fingerprint density at radius 1 is 1.05 bits per heavy atom. The molecule has 222 valence electrons. The summed E-state index contributed by atoms with van der Waals surface area (Å²) in [5, 5.41) is 9.01. The summed E-state index contributed by atoms with van der Waals surface area (Å²) in [6.45, 7) is 16.7. The molecular weight excluding hydrogens is 511 g/mol. The summed E-state index contributed by atoms with van der Waals surface area (Å²) in [5.41, 5.74) is 5.22. The van der Waals surface area contributed by atoms with Gasteiger partial charge in [0, 0.05) is 0 Å². The molecule has 0 amide bonds. The molecule has 3 aromatic rings. The van der Waals surface area contributed by atoms with Gasteiger partial charge in [0.15, 0.2) is 0 Å². The second-order valence-corrected chi connectivity index (χ2v) is 12.7. The monoisotopic (exact) mass is 560 g/mol. The first-order valence-corrected chi connectivity index (χ1v) is 15.2. The van der Waals surface area contributed by atoms with Gasteiger partial charge in [0.2, 0.25) is 0 Å². The lowest BCUT2D eigenvalue weighted by molar-refractivity contribution is -0.170. The van der Waals surface area contributed by atoms with Crippen molar-refractivity contribution in [3.63, 3.8) is 0 Å². The highest BCUT2D eigenvalue weighted by molar-refractivity contribution is 5.76. The summed E-state index contributed by atoms with van der Waals surface area (Å²) >= 11 is 0. The van der Waals surface area contributed by atoms with Crippen LogP contribution in [0.5, 0.6) is 5.75 Å². The van der Waals surface area contributed by atoms with Crippen molar-refractivity contribution in [3.05, 3.63) is 100 Å². The van der Waals surface area contributed by atoms with Gasteiger partial charge in [-0.1, -0.05) is 77.1 Å². The fourth-order valence-corrected chi connectivity index (χ4v) is 5.42. The Kier molecular flexibility index (Phi) is 10.8. The summed E-state index contributed by atoms with van der Waals surface area (Å²) in [6, 6.07) is 21.0. The summed E-state index contributed by atoms with van der Waals surface area (Å²) in [7, 11) is 0. The van der Waals surface area contributed by atoms with Crippen LogP contribution in [-0.4, -0.2) is 11.1 Å². The van der Waals surface area contributed by atoms with E-state index >= 15 is 0 Å². The van der Waals surface area contributed by atoms with E-state index in [1.165, 1.54) is 18.1 Å². The van der Waals surface area contributed by atoms with Gasteiger partial charge in [-0.2, -0.15) is 0 Å². The SMILES string of the molecule is CC1Cc2ccccc2C1C.CCC(C)(C)C(=O)OC1(C)CCc2cc(F)ccc21.CCC(C)c1ccc(O)cc1. The molecule has 0 saturated carbocycles. The number of phenolic OH excluding ortho intramolecular Hbond substituents is 1. The quantitative estimate of drug-likeness (QED) is 0.316. The van der Waals surface area contributed by atoms with Crippen LogP contribution in [0.1, 0.15) is 114 Å². The molecule has 41 heavy (non-hydrogen) atoms. The predicted octanol–water partition coefficient (Wildman–Crippen LogP) is 9.85. The second kappa shape index (κ2) is 13.7. The minimum atomic E-state index is -0.618. The van der Waals surface area contributed by atoms with Crippen LogP contribution in [-0.2, 0) is 28.0 Å². The van der Waals surface area contributed by atoms with Gasteiger partial charge in [0.05, 0.1) is 5.41 Å². The third-order valence-corrected chi connectivity index (χ3v) is 9.28. The zero-order valence-electron chi connectivity index (χ0n) is 26.3. The van der Waals surface area contributed by atoms with Crippen LogP contribution in [0, 0.1) is 17.2 Å². The van der Waals surface area contributed by atoms with Crippen LogP contribution in [0.15, 0.2) is 66.7 Å². The number of phenols is 1. The molecule has 3 aromatic carbocycles. The van der Waals surface area contributed by atoms with Gasteiger partial charge >= 0.3 is 5.97 Å². The number of esters is 1. The molecule has 0 radical (unpaired) electrons.